The molecule has 0 fully saturated rings. The van der Waals surface area contributed by atoms with Crippen LogP contribution in [0.1, 0.15) is 46.0 Å². The first-order valence-electron chi connectivity index (χ1n) is 8.40. The van der Waals surface area contributed by atoms with Gasteiger partial charge in [0, 0.05) is 12.5 Å². The van der Waals surface area contributed by atoms with E-state index in [0.29, 0.717) is 11.8 Å². The Morgan fingerprint density at radius 1 is 1.19 bits per heavy atom. The highest BCUT2D eigenvalue weighted by Gasteiger charge is 2.33. The Kier molecular flexibility index (Phi) is 4.32. The predicted molar refractivity (Wildman–Crippen MR) is 84.6 cm³/mol. The van der Waals surface area contributed by atoms with Crippen molar-refractivity contribution in [2.45, 2.75) is 52.1 Å². The van der Waals surface area contributed by atoms with Crippen LogP contribution in [0.3, 0.4) is 0 Å². The lowest BCUT2D eigenvalue weighted by molar-refractivity contribution is -0.144. The van der Waals surface area contributed by atoms with Gasteiger partial charge in [-0.05, 0) is 54.9 Å². The highest BCUT2D eigenvalue weighted by Crippen LogP contribution is 2.43. The van der Waals surface area contributed by atoms with Gasteiger partial charge in [0.1, 0.15) is 6.10 Å². The molecular formula is C19H26O2. The van der Waals surface area contributed by atoms with E-state index in [1.54, 1.807) is 11.6 Å². The number of fused-ring (bicyclic) bond motifs is 1. The lowest BCUT2D eigenvalue weighted by Crippen LogP contribution is -2.30. The predicted octanol–water partition coefficient (Wildman–Crippen LogP) is 4.43. The van der Waals surface area contributed by atoms with Gasteiger partial charge in [0.05, 0.1) is 0 Å². The van der Waals surface area contributed by atoms with Crippen molar-refractivity contribution in [1.29, 1.82) is 0 Å². The molecule has 1 aliphatic heterocycles. The quantitative estimate of drug-likeness (QED) is 0.717. The largest absolute Gasteiger partial charge is 0.459 e. The smallest absolute Gasteiger partial charge is 0.330 e. The molecule has 0 spiro atoms. The van der Waals surface area contributed by atoms with Crippen LogP contribution in [0.25, 0.3) is 0 Å². The van der Waals surface area contributed by atoms with E-state index in [0.717, 1.165) is 31.1 Å². The first kappa shape index (κ1) is 14.6. The summed E-state index contributed by atoms with van der Waals surface area (Å²) in [5.41, 5.74) is 1.55. The molecule has 0 radical (unpaired) electrons. The van der Waals surface area contributed by atoms with Crippen molar-refractivity contribution in [3.05, 3.63) is 36.0 Å². The standard InChI is InChI=1S/C19H26O2/c1-13-6-10-18-15(12-13)8-7-14(2)17(18)11-9-16-4-3-5-19(20)21-16/h3,5,7-8,12-14,16-18H,4,6,9-11H2,1-2H3/t13-,14+,16+,17+,18?/m1/s1. The molecule has 0 N–H and O–H groups in total. The molecule has 0 aromatic rings. The third-order valence-electron chi connectivity index (χ3n) is 5.38. The molecule has 3 aliphatic rings. The summed E-state index contributed by atoms with van der Waals surface area (Å²) in [6, 6.07) is 0. The van der Waals surface area contributed by atoms with E-state index in [2.05, 4.69) is 32.1 Å². The minimum absolute atomic E-state index is 0.0931. The second-order valence-electron chi connectivity index (χ2n) is 6.98. The number of esters is 1. The molecule has 0 saturated carbocycles. The van der Waals surface area contributed by atoms with Gasteiger partial charge in [-0.15, -0.1) is 0 Å². The summed E-state index contributed by atoms with van der Waals surface area (Å²) in [6.07, 6.45) is 16.5. The van der Waals surface area contributed by atoms with Gasteiger partial charge in [-0.3, -0.25) is 0 Å². The van der Waals surface area contributed by atoms with Gasteiger partial charge in [0.15, 0.2) is 0 Å². The van der Waals surface area contributed by atoms with Gasteiger partial charge >= 0.3 is 5.97 Å². The number of cyclic esters (lactones) is 1. The van der Waals surface area contributed by atoms with Crippen molar-refractivity contribution in [1.82, 2.24) is 0 Å². The highest BCUT2D eigenvalue weighted by atomic mass is 16.5. The molecule has 0 aromatic carbocycles. The number of allylic oxidation sites excluding steroid dienone is 4. The van der Waals surface area contributed by atoms with Crippen molar-refractivity contribution in [2.75, 3.05) is 0 Å². The summed E-state index contributed by atoms with van der Waals surface area (Å²) in [4.78, 5) is 11.3. The minimum atomic E-state index is -0.171. The van der Waals surface area contributed by atoms with E-state index in [1.807, 2.05) is 6.08 Å². The Morgan fingerprint density at radius 3 is 2.86 bits per heavy atom. The number of hydrogen-bond donors (Lipinski definition) is 0. The Bertz CT molecular complexity index is 486. The summed E-state index contributed by atoms with van der Waals surface area (Å²) in [6.45, 7) is 4.65. The molecule has 2 aliphatic carbocycles. The van der Waals surface area contributed by atoms with Crippen LogP contribution in [0.4, 0.5) is 0 Å². The molecule has 0 aromatic heterocycles. The van der Waals surface area contributed by atoms with E-state index in [4.69, 9.17) is 4.74 Å². The monoisotopic (exact) mass is 286 g/mol. The Balaban J connectivity index is 1.64. The maximum atomic E-state index is 11.3. The number of hydrogen-bond acceptors (Lipinski definition) is 2. The van der Waals surface area contributed by atoms with Gasteiger partial charge in [-0.1, -0.05) is 38.2 Å². The molecule has 2 nitrogen and oxygen atoms in total. The van der Waals surface area contributed by atoms with Crippen LogP contribution in [-0.4, -0.2) is 12.1 Å². The van der Waals surface area contributed by atoms with Crippen LogP contribution in [0, 0.1) is 23.7 Å². The van der Waals surface area contributed by atoms with E-state index >= 15 is 0 Å². The van der Waals surface area contributed by atoms with Crippen molar-refractivity contribution >= 4 is 5.97 Å². The molecular weight excluding hydrogens is 260 g/mol. The van der Waals surface area contributed by atoms with Crippen LogP contribution in [0.5, 0.6) is 0 Å². The fourth-order valence-electron chi connectivity index (χ4n) is 4.14. The Hall–Kier alpha value is -1.31. The third-order valence-corrected chi connectivity index (χ3v) is 5.38. The summed E-state index contributed by atoms with van der Waals surface area (Å²) < 4.78 is 5.41. The molecule has 3 rings (SSSR count). The topological polar surface area (TPSA) is 26.3 Å². The summed E-state index contributed by atoms with van der Waals surface area (Å²) in [7, 11) is 0. The van der Waals surface area contributed by atoms with E-state index in [9.17, 15) is 4.79 Å². The SMILES string of the molecule is C[C@H]1C=C2C=C[C@H](C)[C@H](CC[C@@H]3CC=CC(=O)O3)C2CC1. The molecule has 2 heteroatoms. The number of carbonyl (C=O) groups is 1. The number of rotatable bonds is 3. The lowest BCUT2D eigenvalue weighted by atomic mass is 9.66. The summed E-state index contributed by atoms with van der Waals surface area (Å²) in [5, 5.41) is 0. The second kappa shape index (κ2) is 6.21. The Labute approximate surface area is 127 Å². The molecule has 0 amide bonds. The molecule has 0 saturated heterocycles. The molecule has 114 valence electrons. The van der Waals surface area contributed by atoms with Crippen molar-refractivity contribution in [2.24, 2.45) is 23.7 Å². The zero-order chi connectivity index (χ0) is 14.8. The van der Waals surface area contributed by atoms with Gasteiger partial charge in [-0.2, -0.15) is 0 Å². The fourth-order valence-corrected chi connectivity index (χ4v) is 4.14. The van der Waals surface area contributed by atoms with Crippen molar-refractivity contribution < 1.29 is 9.53 Å². The van der Waals surface area contributed by atoms with Crippen molar-refractivity contribution in [3.8, 4) is 0 Å². The Morgan fingerprint density at radius 2 is 2.05 bits per heavy atom. The van der Waals surface area contributed by atoms with E-state index < -0.39 is 0 Å². The van der Waals surface area contributed by atoms with Crippen molar-refractivity contribution in [3.63, 3.8) is 0 Å². The van der Waals surface area contributed by atoms with Gasteiger partial charge in [0.25, 0.3) is 0 Å². The van der Waals surface area contributed by atoms with Gasteiger partial charge in [-0.25, -0.2) is 4.79 Å². The molecule has 21 heavy (non-hydrogen) atoms. The first-order valence-corrected chi connectivity index (χ1v) is 8.40. The molecule has 1 unspecified atom stereocenters. The van der Waals surface area contributed by atoms with E-state index in [-0.39, 0.29) is 12.1 Å². The lowest BCUT2D eigenvalue weighted by Gasteiger charge is -2.39. The summed E-state index contributed by atoms with van der Waals surface area (Å²) in [5.74, 6) is 2.61. The third kappa shape index (κ3) is 3.30. The van der Waals surface area contributed by atoms with Crippen LogP contribution in [0.15, 0.2) is 36.0 Å². The number of carbonyl (C=O) groups excluding carboxylic acids is 1. The zero-order valence-corrected chi connectivity index (χ0v) is 13.1. The highest BCUT2D eigenvalue weighted by molar-refractivity contribution is 5.82. The average Bonchev–Trinajstić information content (AvgIpc) is 2.46. The maximum Gasteiger partial charge on any atom is 0.330 e. The zero-order valence-electron chi connectivity index (χ0n) is 13.1. The van der Waals surface area contributed by atoms with Crippen LogP contribution < -0.4 is 0 Å². The number of ether oxygens (including phenoxy) is 1. The van der Waals surface area contributed by atoms with E-state index in [1.165, 1.54) is 12.8 Å². The maximum absolute atomic E-state index is 11.3. The average molecular weight is 286 g/mol. The van der Waals surface area contributed by atoms with Crippen LogP contribution in [0.2, 0.25) is 0 Å². The minimum Gasteiger partial charge on any atom is -0.459 e. The second-order valence-corrected chi connectivity index (χ2v) is 6.98. The van der Waals surface area contributed by atoms with Gasteiger partial charge < -0.3 is 4.74 Å². The first-order chi connectivity index (χ1) is 10.1. The molecule has 0 bridgehead atoms. The fraction of sp³-hybridized carbons (Fsp3) is 0.632. The van der Waals surface area contributed by atoms with Gasteiger partial charge in [0.2, 0.25) is 0 Å². The normalized spacial score (nSPS) is 38.7. The van der Waals surface area contributed by atoms with Crippen LogP contribution in [-0.2, 0) is 9.53 Å². The molecule has 5 atom stereocenters. The summed E-state index contributed by atoms with van der Waals surface area (Å²) >= 11 is 0. The van der Waals surface area contributed by atoms with Crippen LogP contribution >= 0.6 is 0 Å². The molecule has 1 heterocycles.